The van der Waals surface area contributed by atoms with Gasteiger partial charge in [-0.1, -0.05) is 49.2 Å². The van der Waals surface area contributed by atoms with E-state index in [1.165, 1.54) is 24.8 Å². The number of nitrogens with zero attached hydrogens (tertiary/aromatic N) is 2. The molecule has 0 spiro atoms. The fourth-order valence-electron chi connectivity index (χ4n) is 2.95. The molecule has 0 fully saturated rings. The Balaban J connectivity index is 1.72. The summed E-state index contributed by atoms with van der Waals surface area (Å²) in [4.78, 5) is 4.51. The van der Waals surface area contributed by atoms with Gasteiger partial charge >= 0.3 is 0 Å². The van der Waals surface area contributed by atoms with Crippen LogP contribution in [-0.4, -0.2) is 23.4 Å². The minimum absolute atomic E-state index is 0.0549. The second-order valence-electron chi connectivity index (χ2n) is 6.59. The molecule has 1 aromatic heterocycles. The Morgan fingerprint density at radius 3 is 2.52 bits per heavy atom. The molecule has 0 amide bonds. The van der Waals surface area contributed by atoms with Gasteiger partial charge in [-0.15, -0.1) is 0 Å². The van der Waals surface area contributed by atoms with Gasteiger partial charge in [-0.2, -0.15) is 4.98 Å². The number of unbranched alkanes of at least 4 members (excludes halogenated alkanes) is 2. The van der Waals surface area contributed by atoms with Crippen LogP contribution in [0.4, 0.5) is 4.39 Å². The molecule has 5 heteroatoms. The fourth-order valence-corrected chi connectivity index (χ4v) is 2.95. The van der Waals surface area contributed by atoms with Crippen molar-refractivity contribution in [3.63, 3.8) is 0 Å². The summed E-state index contributed by atoms with van der Waals surface area (Å²) in [6, 6.07) is 13.9. The Hall–Kier alpha value is -2.69. The van der Waals surface area contributed by atoms with Crippen LogP contribution in [0.1, 0.15) is 37.3 Å². The van der Waals surface area contributed by atoms with Crippen LogP contribution in [0.15, 0.2) is 47.0 Å². The topological polar surface area (TPSA) is 48.2 Å². The Labute approximate surface area is 159 Å². The molecule has 3 rings (SSSR count). The van der Waals surface area contributed by atoms with E-state index in [0.29, 0.717) is 17.5 Å². The predicted octanol–water partition coefficient (Wildman–Crippen LogP) is 5.79. The van der Waals surface area contributed by atoms with Gasteiger partial charge in [0.1, 0.15) is 19.0 Å². The second-order valence-corrected chi connectivity index (χ2v) is 6.59. The number of alkyl halides is 1. The van der Waals surface area contributed by atoms with E-state index in [4.69, 9.17) is 9.26 Å². The molecular weight excluding hydrogens is 343 g/mol. The van der Waals surface area contributed by atoms with Gasteiger partial charge in [-0.25, -0.2) is 4.39 Å². The summed E-state index contributed by atoms with van der Waals surface area (Å²) in [5, 5.41) is 4.10. The van der Waals surface area contributed by atoms with Gasteiger partial charge in [0, 0.05) is 11.1 Å². The summed E-state index contributed by atoms with van der Waals surface area (Å²) in [7, 11) is 0. The lowest BCUT2D eigenvalue weighted by atomic mass is 10.1. The summed E-state index contributed by atoms with van der Waals surface area (Å²) in [5.41, 5.74) is 3.98. The van der Waals surface area contributed by atoms with Gasteiger partial charge in [0.05, 0.1) is 0 Å². The molecule has 0 radical (unpaired) electrons. The number of hydrogen-bond acceptors (Lipinski definition) is 4. The molecule has 0 aliphatic carbocycles. The first-order chi connectivity index (χ1) is 13.2. The van der Waals surface area contributed by atoms with Crippen molar-refractivity contribution in [1.82, 2.24) is 10.1 Å². The minimum atomic E-state index is -0.508. The third-order valence-corrected chi connectivity index (χ3v) is 4.46. The molecule has 142 valence electrons. The van der Waals surface area contributed by atoms with Crippen molar-refractivity contribution in [1.29, 1.82) is 0 Å². The van der Waals surface area contributed by atoms with E-state index in [1.807, 2.05) is 31.2 Å². The maximum atomic E-state index is 12.3. The first-order valence-corrected chi connectivity index (χ1v) is 9.44. The van der Waals surface area contributed by atoms with Gasteiger partial charge in [-0.05, 0) is 49.1 Å². The van der Waals surface area contributed by atoms with Crippen LogP contribution < -0.4 is 4.74 Å². The Morgan fingerprint density at radius 2 is 1.81 bits per heavy atom. The lowest BCUT2D eigenvalue weighted by Crippen LogP contribution is -2.00. The van der Waals surface area contributed by atoms with Crippen molar-refractivity contribution < 1.29 is 13.7 Å². The molecule has 4 nitrogen and oxygen atoms in total. The first kappa shape index (κ1) is 19.1. The van der Waals surface area contributed by atoms with Crippen molar-refractivity contribution >= 4 is 0 Å². The summed E-state index contributed by atoms with van der Waals surface area (Å²) in [5.74, 6) is 1.69. The molecule has 0 atom stereocenters. The highest BCUT2D eigenvalue weighted by atomic mass is 19.1. The van der Waals surface area contributed by atoms with Crippen LogP contribution in [0.25, 0.3) is 22.8 Å². The van der Waals surface area contributed by atoms with Crippen molar-refractivity contribution in [2.75, 3.05) is 13.3 Å². The number of aromatic nitrogens is 2. The van der Waals surface area contributed by atoms with E-state index in [-0.39, 0.29) is 6.61 Å². The van der Waals surface area contributed by atoms with Crippen molar-refractivity contribution in [3.05, 3.63) is 53.6 Å². The van der Waals surface area contributed by atoms with Crippen LogP contribution in [0.2, 0.25) is 0 Å². The van der Waals surface area contributed by atoms with E-state index in [0.717, 1.165) is 23.1 Å². The fraction of sp³-hybridized carbons (Fsp3) is 0.364. The molecule has 27 heavy (non-hydrogen) atoms. The number of hydrogen-bond donors (Lipinski definition) is 0. The van der Waals surface area contributed by atoms with Gasteiger partial charge < -0.3 is 9.26 Å². The standard InChI is InChI=1S/C22H25FN2O2/c1-3-4-5-6-17-7-9-18(10-8-17)21-24-22(27-25-21)19-11-12-20(16(2)15-19)26-14-13-23/h7-12,15H,3-6,13-14H2,1-2H3. The van der Waals surface area contributed by atoms with Gasteiger partial charge in [0.25, 0.3) is 5.89 Å². The van der Waals surface area contributed by atoms with Gasteiger partial charge in [0.2, 0.25) is 5.82 Å². The maximum absolute atomic E-state index is 12.3. The minimum Gasteiger partial charge on any atom is -0.491 e. The molecule has 2 aromatic carbocycles. The maximum Gasteiger partial charge on any atom is 0.258 e. The Bertz CT molecular complexity index is 859. The first-order valence-electron chi connectivity index (χ1n) is 9.44. The molecule has 0 bridgehead atoms. The highest BCUT2D eigenvalue weighted by Gasteiger charge is 2.12. The highest BCUT2D eigenvalue weighted by molar-refractivity contribution is 5.61. The molecule has 0 unspecified atom stereocenters. The average Bonchev–Trinajstić information content (AvgIpc) is 3.18. The number of rotatable bonds is 9. The van der Waals surface area contributed by atoms with Gasteiger partial charge in [-0.3, -0.25) is 0 Å². The molecule has 3 aromatic rings. The molecule has 0 saturated carbocycles. The number of halogens is 1. The summed E-state index contributed by atoms with van der Waals surface area (Å²) >= 11 is 0. The van der Waals surface area contributed by atoms with Crippen LogP contribution in [0, 0.1) is 6.92 Å². The van der Waals surface area contributed by atoms with Crippen molar-refractivity contribution in [2.24, 2.45) is 0 Å². The second kappa shape index (κ2) is 9.31. The zero-order chi connectivity index (χ0) is 19.1. The van der Waals surface area contributed by atoms with E-state index >= 15 is 0 Å². The van der Waals surface area contributed by atoms with E-state index in [2.05, 4.69) is 29.2 Å². The smallest absolute Gasteiger partial charge is 0.258 e. The zero-order valence-corrected chi connectivity index (χ0v) is 15.9. The van der Waals surface area contributed by atoms with E-state index < -0.39 is 6.67 Å². The highest BCUT2D eigenvalue weighted by Crippen LogP contribution is 2.27. The average molecular weight is 368 g/mol. The molecule has 0 saturated heterocycles. The van der Waals surface area contributed by atoms with Crippen LogP contribution >= 0.6 is 0 Å². The van der Waals surface area contributed by atoms with E-state index in [1.54, 1.807) is 6.07 Å². The summed E-state index contributed by atoms with van der Waals surface area (Å²) < 4.78 is 23.0. The monoisotopic (exact) mass is 368 g/mol. The zero-order valence-electron chi connectivity index (χ0n) is 15.9. The molecular formula is C22H25FN2O2. The quantitative estimate of drug-likeness (QED) is 0.448. The SMILES string of the molecule is CCCCCc1ccc(-c2noc(-c3ccc(OCCF)c(C)c3)n2)cc1. The predicted molar refractivity (Wildman–Crippen MR) is 105 cm³/mol. The van der Waals surface area contributed by atoms with E-state index in [9.17, 15) is 4.39 Å². The van der Waals surface area contributed by atoms with Crippen molar-refractivity contribution in [2.45, 2.75) is 39.5 Å². The Kier molecular flexibility index (Phi) is 6.58. The van der Waals surface area contributed by atoms with Crippen LogP contribution in [0.3, 0.4) is 0 Å². The normalized spacial score (nSPS) is 10.9. The van der Waals surface area contributed by atoms with Crippen LogP contribution in [0.5, 0.6) is 5.75 Å². The third-order valence-electron chi connectivity index (χ3n) is 4.46. The largest absolute Gasteiger partial charge is 0.491 e. The summed E-state index contributed by atoms with van der Waals surface area (Å²) in [6.07, 6.45) is 4.80. The van der Waals surface area contributed by atoms with Crippen LogP contribution in [-0.2, 0) is 6.42 Å². The number of aryl methyl sites for hydroxylation is 2. The lowest BCUT2D eigenvalue weighted by molar-refractivity contribution is 0.272. The van der Waals surface area contributed by atoms with Crippen molar-refractivity contribution in [3.8, 4) is 28.6 Å². The molecule has 1 heterocycles. The third kappa shape index (κ3) is 4.94. The Morgan fingerprint density at radius 1 is 1.04 bits per heavy atom. The van der Waals surface area contributed by atoms with Gasteiger partial charge in [0.15, 0.2) is 0 Å². The molecule has 0 aliphatic heterocycles. The number of benzene rings is 2. The molecule has 0 aliphatic rings. The molecule has 0 N–H and O–H groups in total. The summed E-state index contributed by atoms with van der Waals surface area (Å²) in [6.45, 7) is 3.67. The lowest BCUT2D eigenvalue weighted by Gasteiger charge is -2.07. The number of ether oxygens (including phenoxy) is 1.